The first-order valence-electron chi connectivity index (χ1n) is 14.1. The van der Waals surface area contributed by atoms with Crippen LogP contribution < -0.4 is 23.8 Å². The summed E-state index contributed by atoms with van der Waals surface area (Å²) in [6.45, 7) is 4.17. The first-order valence-corrected chi connectivity index (χ1v) is 14.9. The van der Waals surface area contributed by atoms with E-state index in [9.17, 15) is 9.90 Å². The minimum atomic E-state index is -1.13. The fraction of sp³-hybridized carbons (Fsp3) is 0.182. The van der Waals surface area contributed by atoms with Crippen LogP contribution >= 0.6 is 11.3 Å². The number of para-hydroxylation sites is 1. The van der Waals surface area contributed by atoms with Gasteiger partial charge >= 0.3 is 6.09 Å². The molecule has 1 atom stereocenters. The van der Waals surface area contributed by atoms with Gasteiger partial charge in [0, 0.05) is 11.6 Å². The molecule has 1 aliphatic heterocycles. The highest BCUT2D eigenvalue weighted by Crippen LogP contribution is 2.46. The number of benzene rings is 3. The van der Waals surface area contributed by atoms with Crippen LogP contribution in [0.5, 0.6) is 29.0 Å². The molecule has 0 fully saturated rings. The van der Waals surface area contributed by atoms with Crippen molar-refractivity contribution >= 4 is 44.4 Å². The van der Waals surface area contributed by atoms with E-state index < -0.39 is 12.2 Å². The summed E-state index contributed by atoms with van der Waals surface area (Å²) in [6, 6.07) is 18.4. The van der Waals surface area contributed by atoms with Gasteiger partial charge in [0.05, 0.1) is 48.3 Å². The number of thiazole rings is 1. The lowest BCUT2D eigenvalue weighted by molar-refractivity contribution is 0.0961. The highest BCUT2D eigenvalue weighted by atomic mass is 32.1. The van der Waals surface area contributed by atoms with Crippen LogP contribution in [0.1, 0.15) is 11.1 Å². The Labute approximate surface area is 261 Å². The molecule has 45 heavy (non-hydrogen) atoms. The molecule has 0 saturated carbocycles. The van der Waals surface area contributed by atoms with Gasteiger partial charge in [-0.15, -0.1) is 11.3 Å². The summed E-state index contributed by atoms with van der Waals surface area (Å²) in [5.41, 5.74) is 5.46. The summed E-state index contributed by atoms with van der Waals surface area (Å²) in [5.74, 6) is 2.57. The third kappa shape index (κ3) is 5.51. The summed E-state index contributed by atoms with van der Waals surface area (Å²) in [7, 11) is 1.56. The number of aryl methyl sites for hydroxylation is 2. The molecule has 0 spiro atoms. The Morgan fingerprint density at radius 2 is 1.87 bits per heavy atom. The molecule has 11 nitrogen and oxygen atoms in total. The Hall–Kier alpha value is -5.49. The SMILES string of the molecule is COc1cnc2c(-c3nc4c(C)cc5c(c4s3)OCC(CN(C(=O)O)c3ccc(Oc4ccccc4)nc3)O5)cc(C)cc2n1. The summed E-state index contributed by atoms with van der Waals surface area (Å²) < 4.78 is 24.4. The van der Waals surface area contributed by atoms with Gasteiger partial charge < -0.3 is 24.1 Å². The Kier molecular flexibility index (Phi) is 7.26. The second-order valence-electron chi connectivity index (χ2n) is 10.5. The number of hydrogen-bond acceptors (Lipinski definition) is 10. The molecule has 1 unspecified atom stereocenters. The smallest absolute Gasteiger partial charge is 0.411 e. The normalized spacial score (nSPS) is 14.0. The number of anilines is 1. The molecule has 0 radical (unpaired) electrons. The first-order chi connectivity index (χ1) is 21.9. The van der Waals surface area contributed by atoms with Crippen LogP contribution in [0.15, 0.2) is 73.1 Å². The van der Waals surface area contributed by atoms with E-state index in [1.54, 1.807) is 25.4 Å². The molecule has 7 rings (SSSR count). The Balaban J connectivity index is 1.14. The van der Waals surface area contributed by atoms with Crippen LogP contribution in [-0.4, -0.2) is 57.5 Å². The van der Waals surface area contributed by atoms with Gasteiger partial charge in [-0.3, -0.25) is 4.90 Å². The number of carboxylic acid groups (broad SMARTS) is 1. The minimum absolute atomic E-state index is 0.0395. The average Bonchev–Trinajstić information content (AvgIpc) is 3.50. The molecule has 226 valence electrons. The molecule has 0 saturated heterocycles. The van der Waals surface area contributed by atoms with Gasteiger partial charge in [0.1, 0.15) is 22.1 Å². The maximum atomic E-state index is 12.3. The minimum Gasteiger partial charge on any atom is -0.484 e. The van der Waals surface area contributed by atoms with E-state index in [0.29, 0.717) is 34.7 Å². The second kappa shape index (κ2) is 11.5. The van der Waals surface area contributed by atoms with E-state index in [1.165, 1.54) is 22.4 Å². The second-order valence-corrected chi connectivity index (χ2v) is 11.5. The molecule has 0 bridgehead atoms. The molecular weight excluding hydrogens is 594 g/mol. The number of ether oxygens (including phenoxy) is 4. The van der Waals surface area contributed by atoms with Crippen molar-refractivity contribution in [3.63, 3.8) is 0 Å². The molecule has 1 N–H and O–H groups in total. The van der Waals surface area contributed by atoms with Crippen molar-refractivity contribution in [3.05, 3.63) is 84.2 Å². The number of fused-ring (bicyclic) bond motifs is 4. The quantitative estimate of drug-likeness (QED) is 0.198. The Morgan fingerprint density at radius 1 is 1.02 bits per heavy atom. The fourth-order valence-corrected chi connectivity index (χ4v) is 6.36. The van der Waals surface area contributed by atoms with Crippen molar-refractivity contribution in [3.8, 4) is 39.6 Å². The Morgan fingerprint density at radius 3 is 2.62 bits per heavy atom. The van der Waals surface area contributed by atoms with Gasteiger partial charge in [0.2, 0.25) is 11.8 Å². The topological polar surface area (TPSA) is 129 Å². The van der Waals surface area contributed by atoms with Gasteiger partial charge in [0.15, 0.2) is 17.6 Å². The molecule has 3 aromatic carbocycles. The van der Waals surface area contributed by atoms with Gasteiger partial charge in [-0.05, 0) is 61.4 Å². The monoisotopic (exact) mass is 621 g/mol. The zero-order valence-corrected chi connectivity index (χ0v) is 25.4. The predicted octanol–water partition coefficient (Wildman–Crippen LogP) is 7.04. The van der Waals surface area contributed by atoms with E-state index in [4.69, 9.17) is 23.9 Å². The first kappa shape index (κ1) is 28.3. The van der Waals surface area contributed by atoms with Crippen molar-refractivity contribution in [2.75, 3.05) is 25.2 Å². The van der Waals surface area contributed by atoms with Crippen LogP contribution in [0, 0.1) is 13.8 Å². The number of carbonyl (C=O) groups is 1. The van der Waals surface area contributed by atoms with Gasteiger partial charge in [0.25, 0.3) is 0 Å². The van der Waals surface area contributed by atoms with E-state index >= 15 is 0 Å². The van der Waals surface area contributed by atoms with Crippen LogP contribution in [0.4, 0.5) is 10.5 Å². The lowest BCUT2D eigenvalue weighted by Gasteiger charge is -2.30. The van der Waals surface area contributed by atoms with Crippen molar-refractivity contribution in [2.45, 2.75) is 20.0 Å². The largest absolute Gasteiger partial charge is 0.484 e. The van der Waals surface area contributed by atoms with Crippen LogP contribution in [0.25, 0.3) is 31.8 Å². The predicted molar refractivity (Wildman–Crippen MR) is 170 cm³/mol. The fourth-order valence-electron chi connectivity index (χ4n) is 5.21. The van der Waals surface area contributed by atoms with Gasteiger partial charge in [-0.1, -0.05) is 18.2 Å². The van der Waals surface area contributed by atoms with Crippen molar-refractivity contribution in [1.29, 1.82) is 0 Å². The lowest BCUT2D eigenvalue weighted by atomic mass is 10.1. The van der Waals surface area contributed by atoms with E-state index in [-0.39, 0.29) is 13.2 Å². The Bertz CT molecular complexity index is 2050. The number of aromatic nitrogens is 4. The van der Waals surface area contributed by atoms with Crippen LogP contribution in [0.2, 0.25) is 0 Å². The maximum absolute atomic E-state index is 12.3. The van der Waals surface area contributed by atoms with Crippen molar-refractivity contribution < 1.29 is 28.8 Å². The summed E-state index contributed by atoms with van der Waals surface area (Å²) >= 11 is 1.49. The number of hydrogen-bond donors (Lipinski definition) is 1. The molecule has 1 aliphatic rings. The molecule has 6 aromatic rings. The summed E-state index contributed by atoms with van der Waals surface area (Å²) in [6.07, 6.45) is 1.38. The van der Waals surface area contributed by atoms with E-state index in [0.717, 1.165) is 42.9 Å². The number of nitrogens with zero attached hydrogens (tertiary/aromatic N) is 5. The van der Waals surface area contributed by atoms with Gasteiger partial charge in [-0.2, -0.15) is 0 Å². The molecule has 4 heterocycles. The number of pyridine rings is 1. The summed E-state index contributed by atoms with van der Waals surface area (Å²) in [4.78, 5) is 31.9. The third-order valence-corrected chi connectivity index (χ3v) is 8.40. The number of rotatable bonds is 7. The zero-order valence-electron chi connectivity index (χ0n) is 24.6. The molecule has 12 heteroatoms. The van der Waals surface area contributed by atoms with Crippen LogP contribution in [-0.2, 0) is 0 Å². The van der Waals surface area contributed by atoms with Crippen molar-refractivity contribution in [2.24, 2.45) is 0 Å². The average molecular weight is 622 g/mol. The molecular formula is C33H27N5O6S. The maximum Gasteiger partial charge on any atom is 0.411 e. The van der Waals surface area contributed by atoms with Crippen LogP contribution in [0.3, 0.4) is 0 Å². The van der Waals surface area contributed by atoms with Gasteiger partial charge in [-0.25, -0.2) is 24.7 Å². The molecule has 1 amide bonds. The highest BCUT2D eigenvalue weighted by molar-refractivity contribution is 7.22. The van der Waals surface area contributed by atoms with E-state index in [2.05, 4.69) is 15.0 Å². The molecule has 3 aromatic heterocycles. The summed E-state index contributed by atoms with van der Waals surface area (Å²) in [5, 5.41) is 10.8. The standard InChI is InChI=1S/C33H27N5O6S/c1-18-11-23(29-24(12-18)36-27(41-3)15-35-29)32-37-28-19(2)13-25-30(31(28)45-32)42-17-22(43-25)16-38(33(39)40)20-9-10-26(34-14-20)44-21-7-5-4-6-8-21/h4-15,22H,16-17H2,1-3H3,(H,39,40). The number of amides is 1. The zero-order chi connectivity index (χ0) is 31.1. The highest BCUT2D eigenvalue weighted by Gasteiger charge is 2.30. The lowest BCUT2D eigenvalue weighted by Crippen LogP contribution is -2.43. The third-order valence-electron chi connectivity index (χ3n) is 7.31. The van der Waals surface area contributed by atoms with Crippen molar-refractivity contribution in [1.82, 2.24) is 19.9 Å². The number of methoxy groups -OCH3 is 1. The van der Waals surface area contributed by atoms with E-state index in [1.807, 2.05) is 62.4 Å². The molecule has 0 aliphatic carbocycles.